The monoisotopic (exact) mass is 386 g/mol. The molecule has 1 aliphatic rings. The number of H-pyrrole nitrogens is 1. The van der Waals surface area contributed by atoms with Gasteiger partial charge in [0.1, 0.15) is 0 Å². The summed E-state index contributed by atoms with van der Waals surface area (Å²) in [5.74, 6) is 1.63. The van der Waals surface area contributed by atoms with Crippen LogP contribution in [0.1, 0.15) is 40.5 Å². The number of aromatic amines is 1. The predicted octanol–water partition coefficient (Wildman–Crippen LogP) is 4.55. The third-order valence-electron chi connectivity index (χ3n) is 5.75. The molecule has 1 saturated heterocycles. The third-order valence-corrected chi connectivity index (χ3v) is 5.75. The molecule has 0 unspecified atom stereocenters. The van der Waals surface area contributed by atoms with E-state index in [4.69, 9.17) is 4.52 Å². The number of hydrogen-bond donors (Lipinski definition) is 1. The fourth-order valence-corrected chi connectivity index (χ4v) is 4.18. The summed E-state index contributed by atoms with van der Waals surface area (Å²) in [5, 5.41) is 5.10. The van der Waals surface area contributed by atoms with Gasteiger partial charge in [-0.2, -0.15) is 4.98 Å². The standard InChI is InChI=1S/C23H22N4O2/c1-15-25-22(29-26-15)17-6-8-18(9-7-17)23(28)27-12-10-16(11-13-27)20-14-24-21-5-3-2-4-19(20)21/h2-9,14,16,24H,10-13H2,1H3. The normalized spacial score (nSPS) is 15.1. The predicted molar refractivity (Wildman–Crippen MR) is 111 cm³/mol. The number of aromatic nitrogens is 3. The number of aryl methyl sites for hydroxylation is 1. The highest BCUT2D eigenvalue weighted by atomic mass is 16.5. The highest BCUT2D eigenvalue weighted by Crippen LogP contribution is 2.33. The van der Waals surface area contributed by atoms with Crippen molar-refractivity contribution in [2.24, 2.45) is 0 Å². The lowest BCUT2D eigenvalue weighted by Crippen LogP contribution is -2.37. The van der Waals surface area contributed by atoms with Gasteiger partial charge in [-0.15, -0.1) is 0 Å². The number of fused-ring (bicyclic) bond motifs is 1. The summed E-state index contributed by atoms with van der Waals surface area (Å²) in [6.45, 7) is 3.33. The average Bonchev–Trinajstić information content (AvgIpc) is 3.40. The minimum Gasteiger partial charge on any atom is -0.361 e. The first kappa shape index (κ1) is 17.7. The zero-order valence-electron chi connectivity index (χ0n) is 16.3. The fourth-order valence-electron chi connectivity index (χ4n) is 4.18. The summed E-state index contributed by atoms with van der Waals surface area (Å²) in [4.78, 5) is 22.5. The molecular formula is C23H22N4O2. The van der Waals surface area contributed by atoms with E-state index in [0.717, 1.165) is 31.5 Å². The van der Waals surface area contributed by atoms with Gasteiger partial charge in [-0.1, -0.05) is 23.4 Å². The van der Waals surface area contributed by atoms with Crippen LogP contribution >= 0.6 is 0 Å². The second-order valence-corrected chi connectivity index (χ2v) is 7.58. The number of piperidine rings is 1. The van der Waals surface area contributed by atoms with Gasteiger partial charge in [-0.25, -0.2) is 0 Å². The van der Waals surface area contributed by atoms with Gasteiger partial charge in [-0.3, -0.25) is 4.79 Å². The number of carbonyl (C=O) groups is 1. The first-order valence-electron chi connectivity index (χ1n) is 9.95. The van der Waals surface area contributed by atoms with Crippen LogP contribution in [-0.4, -0.2) is 39.0 Å². The topological polar surface area (TPSA) is 75.0 Å². The number of nitrogens with zero attached hydrogens (tertiary/aromatic N) is 3. The molecule has 0 saturated carbocycles. The molecule has 6 heteroatoms. The molecule has 0 spiro atoms. The van der Waals surface area contributed by atoms with Crippen molar-refractivity contribution in [3.8, 4) is 11.5 Å². The van der Waals surface area contributed by atoms with Gasteiger partial charge in [0, 0.05) is 41.3 Å². The Morgan fingerprint density at radius 1 is 1.10 bits per heavy atom. The minimum absolute atomic E-state index is 0.0793. The lowest BCUT2D eigenvalue weighted by Gasteiger charge is -2.32. The van der Waals surface area contributed by atoms with E-state index in [9.17, 15) is 4.79 Å². The average molecular weight is 386 g/mol. The Bertz CT molecular complexity index is 1150. The van der Waals surface area contributed by atoms with E-state index in [1.54, 1.807) is 6.92 Å². The number of benzene rings is 2. The molecule has 3 heterocycles. The quantitative estimate of drug-likeness (QED) is 0.561. The summed E-state index contributed by atoms with van der Waals surface area (Å²) in [5.41, 5.74) is 4.06. The number of likely N-dealkylation sites (tertiary alicyclic amines) is 1. The molecule has 0 atom stereocenters. The first-order chi connectivity index (χ1) is 14.2. The molecule has 4 aromatic rings. The molecule has 2 aromatic carbocycles. The van der Waals surface area contributed by atoms with Crippen LogP contribution in [0.3, 0.4) is 0 Å². The summed E-state index contributed by atoms with van der Waals surface area (Å²) in [6, 6.07) is 15.8. The second-order valence-electron chi connectivity index (χ2n) is 7.58. The van der Waals surface area contributed by atoms with Gasteiger partial charge < -0.3 is 14.4 Å². The van der Waals surface area contributed by atoms with E-state index >= 15 is 0 Å². The van der Waals surface area contributed by atoms with Crippen LogP contribution in [-0.2, 0) is 0 Å². The molecule has 2 aromatic heterocycles. The Morgan fingerprint density at radius 3 is 2.59 bits per heavy atom. The zero-order valence-corrected chi connectivity index (χ0v) is 16.3. The second kappa shape index (κ2) is 7.20. The molecule has 0 aliphatic carbocycles. The number of hydrogen-bond acceptors (Lipinski definition) is 4. The number of amides is 1. The molecule has 5 rings (SSSR count). The molecule has 0 radical (unpaired) electrons. The minimum atomic E-state index is 0.0793. The molecule has 1 aliphatic heterocycles. The molecule has 6 nitrogen and oxygen atoms in total. The highest BCUT2D eigenvalue weighted by Gasteiger charge is 2.26. The van der Waals surface area contributed by atoms with Crippen molar-refractivity contribution in [1.29, 1.82) is 0 Å². The summed E-state index contributed by atoms with van der Waals surface area (Å²) in [7, 11) is 0. The fraction of sp³-hybridized carbons (Fsp3) is 0.261. The molecule has 1 N–H and O–H groups in total. The maximum absolute atomic E-state index is 12.9. The van der Waals surface area contributed by atoms with Crippen LogP contribution in [0.2, 0.25) is 0 Å². The van der Waals surface area contributed by atoms with Gasteiger partial charge in [0.05, 0.1) is 0 Å². The van der Waals surface area contributed by atoms with Crippen molar-refractivity contribution in [2.75, 3.05) is 13.1 Å². The lowest BCUT2D eigenvalue weighted by molar-refractivity contribution is 0.0713. The molecule has 1 fully saturated rings. The Balaban J connectivity index is 1.26. The van der Waals surface area contributed by atoms with E-state index in [0.29, 0.717) is 23.2 Å². The van der Waals surface area contributed by atoms with Crippen LogP contribution in [0.4, 0.5) is 0 Å². The Kier molecular flexibility index (Phi) is 4.39. The van der Waals surface area contributed by atoms with Crippen molar-refractivity contribution >= 4 is 16.8 Å². The number of nitrogens with one attached hydrogen (secondary N) is 1. The van der Waals surface area contributed by atoms with E-state index in [1.165, 1.54) is 16.5 Å². The van der Waals surface area contributed by atoms with Gasteiger partial charge in [0.25, 0.3) is 11.8 Å². The van der Waals surface area contributed by atoms with Crippen molar-refractivity contribution in [2.45, 2.75) is 25.7 Å². The van der Waals surface area contributed by atoms with Gasteiger partial charge >= 0.3 is 0 Å². The molecule has 0 bridgehead atoms. The molecular weight excluding hydrogens is 364 g/mol. The molecule has 146 valence electrons. The van der Waals surface area contributed by atoms with Gasteiger partial charge in [0.15, 0.2) is 5.82 Å². The van der Waals surface area contributed by atoms with Crippen LogP contribution in [0, 0.1) is 6.92 Å². The summed E-state index contributed by atoms with van der Waals surface area (Å²) >= 11 is 0. The zero-order chi connectivity index (χ0) is 19.8. The number of rotatable bonds is 3. The number of carbonyl (C=O) groups excluding carboxylic acids is 1. The molecule has 29 heavy (non-hydrogen) atoms. The highest BCUT2D eigenvalue weighted by molar-refractivity contribution is 5.94. The van der Waals surface area contributed by atoms with Crippen molar-refractivity contribution in [3.63, 3.8) is 0 Å². The Hall–Kier alpha value is -3.41. The smallest absolute Gasteiger partial charge is 0.257 e. The lowest BCUT2D eigenvalue weighted by atomic mass is 9.89. The maximum Gasteiger partial charge on any atom is 0.257 e. The van der Waals surface area contributed by atoms with Crippen LogP contribution < -0.4 is 0 Å². The Morgan fingerprint density at radius 2 is 1.86 bits per heavy atom. The van der Waals surface area contributed by atoms with E-state index in [1.807, 2.05) is 29.2 Å². The van der Waals surface area contributed by atoms with Crippen LogP contribution in [0.5, 0.6) is 0 Å². The van der Waals surface area contributed by atoms with E-state index in [-0.39, 0.29) is 5.91 Å². The maximum atomic E-state index is 12.9. The Labute approximate surface area is 168 Å². The van der Waals surface area contributed by atoms with Crippen molar-refractivity contribution < 1.29 is 9.32 Å². The van der Waals surface area contributed by atoms with Crippen LogP contribution in [0.25, 0.3) is 22.4 Å². The first-order valence-corrected chi connectivity index (χ1v) is 9.95. The number of para-hydroxylation sites is 1. The van der Waals surface area contributed by atoms with E-state index in [2.05, 4.69) is 45.6 Å². The summed E-state index contributed by atoms with van der Waals surface area (Å²) < 4.78 is 5.19. The largest absolute Gasteiger partial charge is 0.361 e. The van der Waals surface area contributed by atoms with Gasteiger partial charge in [0.2, 0.25) is 0 Å². The van der Waals surface area contributed by atoms with Crippen molar-refractivity contribution in [3.05, 3.63) is 71.7 Å². The van der Waals surface area contributed by atoms with Crippen molar-refractivity contribution in [1.82, 2.24) is 20.0 Å². The SMILES string of the molecule is Cc1noc(-c2ccc(C(=O)N3CCC(c4c[nH]c5ccccc45)CC3)cc2)n1. The summed E-state index contributed by atoms with van der Waals surface area (Å²) in [6.07, 6.45) is 4.09. The third kappa shape index (κ3) is 3.31. The van der Waals surface area contributed by atoms with Crippen LogP contribution in [0.15, 0.2) is 59.3 Å². The van der Waals surface area contributed by atoms with Gasteiger partial charge in [-0.05, 0) is 61.6 Å². The van der Waals surface area contributed by atoms with E-state index < -0.39 is 0 Å². The molecule has 1 amide bonds.